The third-order valence-corrected chi connectivity index (χ3v) is 4.55. The molecule has 1 heterocycles. The highest BCUT2D eigenvalue weighted by Crippen LogP contribution is 2.31. The van der Waals surface area contributed by atoms with E-state index in [4.69, 9.17) is 0 Å². The molecule has 1 saturated heterocycles. The summed E-state index contributed by atoms with van der Waals surface area (Å²) in [5, 5.41) is 3.14. The highest BCUT2D eigenvalue weighted by Gasteiger charge is 2.34. The molecular formula is C15H27FN2O. The maximum absolute atomic E-state index is 13.7. The third-order valence-electron chi connectivity index (χ3n) is 4.55. The van der Waals surface area contributed by atoms with Crippen molar-refractivity contribution in [3.05, 3.63) is 0 Å². The highest BCUT2D eigenvalue weighted by atomic mass is 19.1. The molecule has 0 aromatic carbocycles. The first-order valence-electron chi connectivity index (χ1n) is 7.75. The molecule has 1 amide bonds. The molecule has 2 aliphatic rings. The van der Waals surface area contributed by atoms with Gasteiger partial charge in [-0.1, -0.05) is 6.92 Å². The SMILES string of the molecule is CCCN1CCCC1C(=O)NC1CCC(C)(F)CC1. The molecule has 110 valence electrons. The lowest BCUT2D eigenvalue weighted by Gasteiger charge is -2.33. The Morgan fingerprint density at radius 1 is 1.37 bits per heavy atom. The average molecular weight is 270 g/mol. The van der Waals surface area contributed by atoms with Gasteiger partial charge in [0.25, 0.3) is 0 Å². The number of carbonyl (C=O) groups is 1. The summed E-state index contributed by atoms with van der Waals surface area (Å²) in [5.41, 5.74) is -1.02. The van der Waals surface area contributed by atoms with Crippen molar-refractivity contribution >= 4 is 5.91 Å². The molecule has 1 saturated carbocycles. The number of nitrogens with one attached hydrogen (secondary N) is 1. The summed E-state index contributed by atoms with van der Waals surface area (Å²) < 4.78 is 13.7. The Labute approximate surface area is 115 Å². The van der Waals surface area contributed by atoms with Crippen LogP contribution >= 0.6 is 0 Å². The van der Waals surface area contributed by atoms with E-state index in [1.165, 1.54) is 0 Å². The molecule has 1 aliphatic carbocycles. The zero-order valence-corrected chi connectivity index (χ0v) is 12.3. The van der Waals surface area contributed by atoms with Gasteiger partial charge in [-0.25, -0.2) is 4.39 Å². The largest absolute Gasteiger partial charge is 0.352 e. The lowest BCUT2D eigenvalue weighted by Crippen LogP contribution is -2.48. The smallest absolute Gasteiger partial charge is 0.237 e. The van der Waals surface area contributed by atoms with Gasteiger partial charge >= 0.3 is 0 Å². The van der Waals surface area contributed by atoms with Crippen LogP contribution < -0.4 is 5.32 Å². The molecule has 1 N–H and O–H groups in total. The van der Waals surface area contributed by atoms with Crippen molar-refractivity contribution in [2.45, 2.75) is 76.5 Å². The van der Waals surface area contributed by atoms with Gasteiger partial charge in [0.15, 0.2) is 0 Å². The van der Waals surface area contributed by atoms with Gasteiger partial charge in [0.05, 0.1) is 6.04 Å². The van der Waals surface area contributed by atoms with Crippen LogP contribution in [0.4, 0.5) is 4.39 Å². The molecule has 2 rings (SSSR count). The van der Waals surface area contributed by atoms with Crippen LogP contribution in [0.3, 0.4) is 0 Å². The first-order chi connectivity index (χ1) is 9.02. The minimum Gasteiger partial charge on any atom is -0.352 e. The molecule has 1 atom stereocenters. The average Bonchev–Trinajstić information content (AvgIpc) is 2.81. The lowest BCUT2D eigenvalue weighted by molar-refractivity contribution is -0.126. The van der Waals surface area contributed by atoms with E-state index < -0.39 is 5.67 Å². The lowest BCUT2D eigenvalue weighted by atomic mass is 9.85. The number of likely N-dealkylation sites (tertiary alicyclic amines) is 1. The molecule has 2 fully saturated rings. The minimum absolute atomic E-state index is 0.0543. The Kier molecular flexibility index (Phi) is 4.82. The quantitative estimate of drug-likeness (QED) is 0.852. The van der Waals surface area contributed by atoms with E-state index in [1.54, 1.807) is 6.92 Å². The van der Waals surface area contributed by atoms with Gasteiger partial charge in [0.1, 0.15) is 5.67 Å². The fourth-order valence-corrected chi connectivity index (χ4v) is 3.34. The van der Waals surface area contributed by atoms with Crippen LogP contribution in [0, 0.1) is 0 Å². The van der Waals surface area contributed by atoms with Crippen LogP contribution in [-0.4, -0.2) is 41.6 Å². The van der Waals surface area contributed by atoms with Gasteiger partial charge in [-0.2, -0.15) is 0 Å². The molecular weight excluding hydrogens is 243 g/mol. The number of hydrogen-bond acceptors (Lipinski definition) is 2. The van der Waals surface area contributed by atoms with Gasteiger partial charge in [-0.05, 0) is 65.0 Å². The van der Waals surface area contributed by atoms with Crippen LogP contribution in [0.5, 0.6) is 0 Å². The Morgan fingerprint density at radius 3 is 2.68 bits per heavy atom. The molecule has 0 radical (unpaired) electrons. The zero-order chi connectivity index (χ0) is 13.9. The Balaban J connectivity index is 1.81. The first-order valence-corrected chi connectivity index (χ1v) is 7.75. The monoisotopic (exact) mass is 270 g/mol. The fourth-order valence-electron chi connectivity index (χ4n) is 3.34. The highest BCUT2D eigenvalue weighted by molar-refractivity contribution is 5.82. The van der Waals surface area contributed by atoms with Gasteiger partial charge in [-0.15, -0.1) is 0 Å². The van der Waals surface area contributed by atoms with Crippen LogP contribution in [0.1, 0.15) is 58.8 Å². The normalized spacial score (nSPS) is 36.4. The van der Waals surface area contributed by atoms with Crippen molar-refractivity contribution in [2.24, 2.45) is 0 Å². The summed E-state index contributed by atoms with van der Waals surface area (Å²) >= 11 is 0. The van der Waals surface area contributed by atoms with E-state index in [9.17, 15) is 9.18 Å². The molecule has 4 heteroatoms. The number of hydrogen-bond donors (Lipinski definition) is 1. The Morgan fingerprint density at radius 2 is 2.05 bits per heavy atom. The topological polar surface area (TPSA) is 32.3 Å². The van der Waals surface area contributed by atoms with Gasteiger partial charge in [-0.3, -0.25) is 9.69 Å². The number of carbonyl (C=O) groups excluding carboxylic acids is 1. The van der Waals surface area contributed by atoms with Crippen LogP contribution in [0.2, 0.25) is 0 Å². The van der Waals surface area contributed by atoms with Crippen molar-refractivity contribution in [3.63, 3.8) is 0 Å². The van der Waals surface area contributed by atoms with E-state index in [0.29, 0.717) is 12.8 Å². The molecule has 3 nitrogen and oxygen atoms in total. The molecule has 0 aromatic rings. The summed E-state index contributed by atoms with van der Waals surface area (Å²) in [6, 6.07) is 0.235. The predicted molar refractivity (Wildman–Crippen MR) is 74.8 cm³/mol. The number of nitrogens with zero attached hydrogens (tertiary/aromatic N) is 1. The Hall–Kier alpha value is -0.640. The predicted octanol–water partition coefficient (Wildman–Crippen LogP) is 2.65. The summed E-state index contributed by atoms with van der Waals surface area (Å²) in [6.45, 7) is 5.87. The van der Waals surface area contributed by atoms with Gasteiger partial charge < -0.3 is 5.32 Å². The first kappa shape index (κ1) is 14.8. The van der Waals surface area contributed by atoms with Gasteiger partial charge in [0.2, 0.25) is 5.91 Å². The second-order valence-corrected chi connectivity index (χ2v) is 6.39. The molecule has 1 aliphatic heterocycles. The summed E-state index contributed by atoms with van der Waals surface area (Å²) in [6.07, 6.45) is 5.87. The molecule has 0 bridgehead atoms. The number of rotatable bonds is 4. The van der Waals surface area contributed by atoms with Crippen molar-refractivity contribution in [1.29, 1.82) is 0 Å². The van der Waals surface area contributed by atoms with E-state index in [1.807, 2.05) is 0 Å². The van der Waals surface area contributed by atoms with Crippen molar-refractivity contribution < 1.29 is 9.18 Å². The molecule has 0 spiro atoms. The van der Waals surface area contributed by atoms with Crippen LogP contribution in [0.25, 0.3) is 0 Å². The second-order valence-electron chi connectivity index (χ2n) is 6.39. The van der Waals surface area contributed by atoms with E-state index in [2.05, 4.69) is 17.1 Å². The van der Waals surface area contributed by atoms with E-state index >= 15 is 0 Å². The standard InChI is InChI=1S/C15H27FN2O/c1-3-10-18-11-4-5-13(18)14(19)17-12-6-8-15(2,16)9-7-12/h12-13H,3-11H2,1-2H3,(H,17,19). The minimum atomic E-state index is -1.02. The van der Waals surface area contributed by atoms with E-state index in [0.717, 1.165) is 45.2 Å². The number of halogens is 1. The summed E-state index contributed by atoms with van der Waals surface area (Å²) in [5.74, 6) is 0.165. The van der Waals surface area contributed by atoms with Crippen LogP contribution in [-0.2, 0) is 4.79 Å². The third kappa shape index (κ3) is 3.91. The fraction of sp³-hybridized carbons (Fsp3) is 0.933. The molecule has 0 aromatic heterocycles. The maximum atomic E-state index is 13.7. The molecule has 19 heavy (non-hydrogen) atoms. The second kappa shape index (κ2) is 6.21. The maximum Gasteiger partial charge on any atom is 0.237 e. The summed E-state index contributed by atoms with van der Waals surface area (Å²) in [7, 11) is 0. The Bertz CT molecular complexity index is 309. The van der Waals surface area contributed by atoms with E-state index in [-0.39, 0.29) is 18.0 Å². The van der Waals surface area contributed by atoms with Gasteiger partial charge in [0, 0.05) is 6.04 Å². The zero-order valence-electron chi connectivity index (χ0n) is 12.3. The van der Waals surface area contributed by atoms with Crippen LogP contribution in [0.15, 0.2) is 0 Å². The number of alkyl halides is 1. The summed E-state index contributed by atoms with van der Waals surface area (Å²) in [4.78, 5) is 14.6. The van der Waals surface area contributed by atoms with Crippen molar-refractivity contribution in [1.82, 2.24) is 10.2 Å². The van der Waals surface area contributed by atoms with Crippen molar-refractivity contribution in [2.75, 3.05) is 13.1 Å². The number of amides is 1. The van der Waals surface area contributed by atoms with Crippen molar-refractivity contribution in [3.8, 4) is 0 Å². The molecule has 1 unspecified atom stereocenters.